The summed E-state index contributed by atoms with van der Waals surface area (Å²) in [6.45, 7) is 3.80. The number of aliphatic hydroxyl groups is 5. The Morgan fingerprint density at radius 2 is 0.787 bits per heavy atom. The highest BCUT2D eigenvalue weighted by molar-refractivity contribution is 5.76. The summed E-state index contributed by atoms with van der Waals surface area (Å²) in [6, 6.07) is -0.804. The molecule has 0 aromatic heterocycles. The highest BCUT2D eigenvalue weighted by Gasteiger charge is 2.44. The Hall–Kier alpha value is -1.85. The summed E-state index contributed by atoms with van der Waals surface area (Å²) >= 11 is 0. The van der Waals surface area contributed by atoms with E-state index in [9.17, 15) is 30.3 Å². The van der Waals surface area contributed by atoms with Gasteiger partial charge in [0.2, 0.25) is 5.91 Å². The molecule has 0 aromatic rings. The van der Waals surface area contributed by atoms with Gasteiger partial charge in [-0.3, -0.25) is 4.79 Å². The highest BCUT2D eigenvalue weighted by Crippen LogP contribution is 2.23. The van der Waals surface area contributed by atoms with Crippen molar-refractivity contribution in [2.24, 2.45) is 0 Å². The van der Waals surface area contributed by atoms with E-state index in [4.69, 9.17) is 9.47 Å². The SMILES string of the molecule is CCCCCCC/C=C\C/C=C\C/C=C\CCCCCCCCCCCCCCCCCCCCCCC(=O)NC(COC1OC(CO)C(O)C(O)C1O)C(O)/C=C/CCCCCCCCCCCCCCCCC. The molecule has 6 N–H and O–H groups in total. The maximum absolute atomic E-state index is 13.1. The fourth-order valence-electron chi connectivity index (χ4n) is 10.3. The van der Waals surface area contributed by atoms with Gasteiger partial charge in [-0.25, -0.2) is 0 Å². The molecule has 1 saturated heterocycles. The number of rotatable bonds is 56. The van der Waals surface area contributed by atoms with Crippen LogP contribution >= 0.6 is 0 Å². The molecule has 1 amide bonds. The van der Waals surface area contributed by atoms with Crippen molar-refractivity contribution in [1.82, 2.24) is 5.32 Å². The Morgan fingerprint density at radius 3 is 1.16 bits per heavy atom. The van der Waals surface area contributed by atoms with Gasteiger partial charge < -0.3 is 40.3 Å². The Bertz CT molecular complexity index is 1320. The number of carbonyl (C=O) groups excluding carboxylic acids is 1. The molecule has 1 aliphatic rings. The third-order valence-corrected chi connectivity index (χ3v) is 15.4. The minimum absolute atomic E-state index is 0.172. The lowest BCUT2D eigenvalue weighted by molar-refractivity contribution is -0.302. The molecular formula is C66H123NO8. The van der Waals surface area contributed by atoms with Crippen LogP contribution in [0.4, 0.5) is 0 Å². The van der Waals surface area contributed by atoms with Gasteiger partial charge in [0, 0.05) is 6.42 Å². The number of amides is 1. The van der Waals surface area contributed by atoms with Crippen molar-refractivity contribution in [1.29, 1.82) is 0 Å². The standard InChI is InChI=1S/C66H123NO8/c1-3-5-7-9-11-13-15-17-19-21-22-23-24-25-26-27-28-29-30-31-32-33-34-35-36-37-38-40-42-44-46-48-50-52-54-56-62(70)67-59(58-74-66-65(73)64(72)63(71)61(57-68)75-66)60(69)55-53-51-49-47-45-43-41-39-20-18-16-14-12-10-8-6-4-2/h15,17,21-22,24-25,53,55,59-61,63-66,68-69,71-73H,3-14,16,18-20,23,26-52,54,56-58H2,1-2H3,(H,67,70)/b17-15-,22-21-,25-24-,55-53+. The van der Waals surface area contributed by atoms with E-state index >= 15 is 0 Å². The van der Waals surface area contributed by atoms with E-state index in [1.54, 1.807) is 6.08 Å². The molecule has 0 aliphatic carbocycles. The van der Waals surface area contributed by atoms with Crippen molar-refractivity contribution in [2.75, 3.05) is 13.2 Å². The summed E-state index contributed by atoms with van der Waals surface area (Å²) < 4.78 is 11.3. The molecule has 0 aromatic carbocycles. The molecule has 440 valence electrons. The van der Waals surface area contributed by atoms with Crippen LogP contribution in [0.25, 0.3) is 0 Å². The van der Waals surface area contributed by atoms with Crippen molar-refractivity contribution in [3.63, 3.8) is 0 Å². The summed E-state index contributed by atoms with van der Waals surface area (Å²) in [5.74, 6) is -0.172. The first-order chi connectivity index (χ1) is 36.8. The van der Waals surface area contributed by atoms with Gasteiger partial charge in [0.15, 0.2) is 6.29 Å². The van der Waals surface area contributed by atoms with Crippen molar-refractivity contribution < 1.29 is 39.8 Å². The third-order valence-electron chi connectivity index (χ3n) is 15.4. The van der Waals surface area contributed by atoms with Gasteiger partial charge in [-0.1, -0.05) is 294 Å². The lowest BCUT2D eigenvalue weighted by Gasteiger charge is -2.40. The van der Waals surface area contributed by atoms with Crippen LogP contribution in [-0.4, -0.2) is 87.5 Å². The number of nitrogens with one attached hydrogen (secondary N) is 1. The summed E-state index contributed by atoms with van der Waals surface area (Å²) in [5, 5.41) is 54.6. The minimum Gasteiger partial charge on any atom is -0.394 e. The summed E-state index contributed by atoms with van der Waals surface area (Å²) in [4.78, 5) is 13.1. The van der Waals surface area contributed by atoms with E-state index in [0.717, 1.165) is 51.4 Å². The highest BCUT2D eigenvalue weighted by atomic mass is 16.7. The van der Waals surface area contributed by atoms with Crippen LogP contribution in [0, 0.1) is 0 Å². The molecule has 1 aliphatic heterocycles. The van der Waals surface area contributed by atoms with E-state index in [1.165, 1.54) is 238 Å². The molecule has 7 unspecified atom stereocenters. The van der Waals surface area contributed by atoms with Crippen LogP contribution in [0.5, 0.6) is 0 Å². The van der Waals surface area contributed by atoms with Crippen molar-refractivity contribution in [2.45, 2.75) is 352 Å². The zero-order chi connectivity index (χ0) is 54.3. The number of ether oxygens (including phenoxy) is 2. The zero-order valence-corrected chi connectivity index (χ0v) is 49.1. The Balaban J connectivity index is 2.10. The molecule has 1 heterocycles. The van der Waals surface area contributed by atoms with Crippen molar-refractivity contribution >= 4 is 5.91 Å². The van der Waals surface area contributed by atoms with Gasteiger partial charge in [-0.15, -0.1) is 0 Å². The number of aliphatic hydroxyl groups excluding tert-OH is 5. The summed E-state index contributed by atoms with van der Waals surface area (Å²) in [6.07, 6.45) is 67.7. The molecule has 1 rings (SSSR count). The van der Waals surface area contributed by atoms with Crippen LogP contribution in [0.15, 0.2) is 48.6 Å². The fraction of sp³-hybridized carbons (Fsp3) is 0.864. The molecule has 9 nitrogen and oxygen atoms in total. The first-order valence-corrected chi connectivity index (χ1v) is 32.4. The van der Waals surface area contributed by atoms with Crippen LogP contribution < -0.4 is 5.32 Å². The van der Waals surface area contributed by atoms with E-state index in [0.29, 0.717) is 6.42 Å². The van der Waals surface area contributed by atoms with E-state index in [2.05, 4.69) is 55.6 Å². The maximum Gasteiger partial charge on any atom is 0.220 e. The summed E-state index contributed by atoms with van der Waals surface area (Å²) in [7, 11) is 0. The Labute approximate surface area is 463 Å². The quantitative estimate of drug-likeness (QED) is 0.0261. The van der Waals surface area contributed by atoms with Crippen molar-refractivity contribution in [3.05, 3.63) is 48.6 Å². The first-order valence-electron chi connectivity index (χ1n) is 32.4. The normalized spacial score (nSPS) is 19.2. The smallest absolute Gasteiger partial charge is 0.220 e. The second-order valence-corrected chi connectivity index (χ2v) is 22.6. The van der Waals surface area contributed by atoms with Gasteiger partial charge in [-0.05, 0) is 57.8 Å². The largest absolute Gasteiger partial charge is 0.394 e. The van der Waals surface area contributed by atoms with Gasteiger partial charge in [0.25, 0.3) is 0 Å². The third kappa shape index (κ3) is 44.7. The van der Waals surface area contributed by atoms with Crippen LogP contribution in [0.2, 0.25) is 0 Å². The molecule has 0 radical (unpaired) electrons. The predicted molar refractivity (Wildman–Crippen MR) is 318 cm³/mol. The van der Waals surface area contributed by atoms with Crippen LogP contribution in [-0.2, 0) is 14.3 Å². The van der Waals surface area contributed by atoms with Gasteiger partial charge >= 0.3 is 0 Å². The first kappa shape index (κ1) is 71.2. The average Bonchev–Trinajstić information content (AvgIpc) is 3.41. The summed E-state index contributed by atoms with van der Waals surface area (Å²) in [5.41, 5.74) is 0. The molecule has 0 saturated carbocycles. The molecular weight excluding hydrogens is 935 g/mol. The monoisotopic (exact) mass is 1060 g/mol. The molecule has 75 heavy (non-hydrogen) atoms. The number of hydrogen-bond acceptors (Lipinski definition) is 8. The number of hydrogen-bond donors (Lipinski definition) is 6. The second-order valence-electron chi connectivity index (χ2n) is 22.6. The van der Waals surface area contributed by atoms with Gasteiger partial charge in [0.05, 0.1) is 25.4 Å². The lowest BCUT2D eigenvalue weighted by atomic mass is 9.99. The van der Waals surface area contributed by atoms with Gasteiger partial charge in [0.1, 0.15) is 24.4 Å². The second kappa shape index (κ2) is 55.5. The number of allylic oxidation sites excluding steroid dienone is 7. The fourth-order valence-corrected chi connectivity index (χ4v) is 10.3. The number of unbranched alkanes of at least 4 members (excludes halogenated alkanes) is 40. The minimum atomic E-state index is -1.57. The van der Waals surface area contributed by atoms with E-state index in [-0.39, 0.29) is 12.5 Å². The van der Waals surface area contributed by atoms with Gasteiger partial charge in [-0.2, -0.15) is 0 Å². The predicted octanol–water partition coefficient (Wildman–Crippen LogP) is 16.9. The average molecular weight is 1060 g/mol. The van der Waals surface area contributed by atoms with Crippen molar-refractivity contribution in [3.8, 4) is 0 Å². The Morgan fingerprint density at radius 1 is 0.453 bits per heavy atom. The Kier molecular flexibility index (Phi) is 52.6. The topological polar surface area (TPSA) is 149 Å². The molecule has 1 fully saturated rings. The molecule has 0 spiro atoms. The van der Waals surface area contributed by atoms with Crippen LogP contribution in [0.1, 0.15) is 309 Å². The number of carbonyl (C=O) groups is 1. The van der Waals surface area contributed by atoms with E-state index < -0.39 is 49.5 Å². The molecule has 7 atom stereocenters. The van der Waals surface area contributed by atoms with Crippen LogP contribution in [0.3, 0.4) is 0 Å². The lowest BCUT2D eigenvalue weighted by Crippen LogP contribution is -2.60. The molecule has 9 heteroatoms. The maximum atomic E-state index is 13.1. The van der Waals surface area contributed by atoms with E-state index in [1.807, 2.05) is 6.08 Å². The molecule has 0 bridgehead atoms. The zero-order valence-electron chi connectivity index (χ0n) is 49.1.